The van der Waals surface area contributed by atoms with Crippen molar-refractivity contribution in [3.8, 4) is 0 Å². The molecule has 3 nitrogen and oxygen atoms in total. The Kier molecular flexibility index (Phi) is 6.01. The molecule has 1 aromatic rings. The lowest BCUT2D eigenvalue weighted by Crippen LogP contribution is -2.42. The van der Waals surface area contributed by atoms with Gasteiger partial charge < -0.3 is 10.6 Å². The molecule has 0 saturated heterocycles. The summed E-state index contributed by atoms with van der Waals surface area (Å²) in [6, 6.07) is 5.11. The molecular weight excluding hydrogens is 341 g/mol. The number of nitrogens with one attached hydrogen (secondary N) is 2. The van der Waals surface area contributed by atoms with Gasteiger partial charge in [0.05, 0.1) is 5.92 Å². The van der Waals surface area contributed by atoms with Crippen LogP contribution in [0.15, 0.2) is 18.2 Å². The van der Waals surface area contributed by atoms with Crippen molar-refractivity contribution in [1.82, 2.24) is 5.32 Å². The summed E-state index contributed by atoms with van der Waals surface area (Å²) in [5.74, 6) is -1.55. The van der Waals surface area contributed by atoms with Crippen molar-refractivity contribution in [2.45, 2.75) is 50.7 Å². The van der Waals surface area contributed by atoms with E-state index in [2.05, 4.69) is 10.6 Å². The highest BCUT2D eigenvalue weighted by Crippen LogP contribution is 2.37. The molecular formula is C17H22ClF3N2O. The molecule has 2 N–H and O–H groups in total. The molecule has 1 heterocycles. The highest BCUT2D eigenvalue weighted by Gasteiger charge is 2.42. The number of amides is 1. The second-order valence-corrected chi connectivity index (χ2v) is 6.44. The quantitative estimate of drug-likeness (QED) is 0.822. The van der Waals surface area contributed by atoms with Gasteiger partial charge in [0.1, 0.15) is 0 Å². The molecule has 1 fully saturated rings. The number of fused-ring (bicyclic) bond motifs is 1. The number of rotatable bonds is 2. The van der Waals surface area contributed by atoms with Crippen LogP contribution < -0.4 is 10.6 Å². The van der Waals surface area contributed by atoms with E-state index >= 15 is 0 Å². The van der Waals surface area contributed by atoms with Crippen LogP contribution in [0.3, 0.4) is 0 Å². The fourth-order valence-electron chi connectivity index (χ4n) is 3.60. The van der Waals surface area contributed by atoms with E-state index in [9.17, 15) is 18.0 Å². The molecule has 134 valence electrons. The summed E-state index contributed by atoms with van der Waals surface area (Å²) < 4.78 is 38.6. The van der Waals surface area contributed by atoms with Gasteiger partial charge in [-0.1, -0.05) is 12.5 Å². The average Bonchev–Trinajstić information content (AvgIpc) is 2.53. The summed E-state index contributed by atoms with van der Waals surface area (Å²) in [6.45, 7) is 0.883. The molecule has 24 heavy (non-hydrogen) atoms. The molecule has 0 bridgehead atoms. The van der Waals surface area contributed by atoms with Crippen molar-refractivity contribution >= 4 is 24.0 Å². The van der Waals surface area contributed by atoms with Gasteiger partial charge in [-0.25, -0.2) is 0 Å². The zero-order valence-corrected chi connectivity index (χ0v) is 14.1. The first kappa shape index (κ1) is 18.9. The van der Waals surface area contributed by atoms with Crippen molar-refractivity contribution in [2.75, 3.05) is 11.9 Å². The van der Waals surface area contributed by atoms with Crippen LogP contribution in [0.2, 0.25) is 0 Å². The van der Waals surface area contributed by atoms with Gasteiger partial charge in [0.25, 0.3) is 5.91 Å². The maximum atomic E-state index is 12.9. The van der Waals surface area contributed by atoms with Gasteiger partial charge in [-0.2, -0.15) is 13.2 Å². The summed E-state index contributed by atoms with van der Waals surface area (Å²) in [5.41, 5.74) is 2.52. The first-order chi connectivity index (χ1) is 10.9. The van der Waals surface area contributed by atoms with E-state index in [1.54, 1.807) is 6.07 Å². The molecule has 0 radical (unpaired) electrons. The Morgan fingerprint density at radius 1 is 1.21 bits per heavy atom. The molecule has 2 aliphatic rings. The summed E-state index contributed by atoms with van der Waals surface area (Å²) in [5, 5.41) is 6.08. The highest BCUT2D eigenvalue weighted by molar-refractivity contribution is 5.97. The SMILES string of the molecule is Cl.O=C(NC1CCCC(C(F)(F)F)C1)c1cccc2c1CCCN2. The molecule has 2 atom stereocenters. The number of carbonyl (C=O) groups is 1. The topological polar surface area (TPSA) is 41.1 Å². The predicted octanol–water partition coefficient (Wildman–Crippen LogP) is 4.32. The molecule has 0 spiro atoms. The molecule has 1 saturated carbocycles. The van der Waals surface area contributed by atoms with Crippen LogP contribution in [-0.4, -0.2) is 24.7 Å². The second-order valence-electron chi connectivity index (χ2n) is 6.44. The predicted molar refractivity (Wildman–Crippen MR) is 89.8 cm³/mol. The molecule has 1 aliphatic heterocycles. The van der Waals surface area contributed by atoms with Crippen molar-refractivity contribution in [3.05, 3.63) is 29.3 Å². The third kappa shape index (κ3) is 4.15. The van der Waals surface area contributed by atoms with Crippen LogP contribution in [0.5, 0.6) is 0 Å². The zero-order chi connectivity index (χ0) is 16.4. The largest absolute Gasteiger partial charge is 0.391 e. The van der Waals surface area contributed by atoms with Crippen molar-refractivity contribution < 1.29 is 18.0 Å². The van der Waals surface area contributed by atoms with Gasteiger partial charge in [-0.05, 0) is 49.8 Å². The summed E-state index contributed by atoms with van der Waals surface area (Å²) in [7, 11) is 0. The summed E-state index contributed by atoms with van der Waals surface area (Å²) in [4.78, 5) is 12.5. The van der Waals surface area contributed by atoms with Crippen molar-refractivity contribution in [3.63, 3.8) is 0 Å². The van der Waals surface area contributed by atoms with Crippen LogP contribution in [-0.2, 0) is 6.42 Å². The Balaban J connectivity index is 0.00000208. The monoisotopic (exact) mass is 362 g/mol. The Morgan fingerprint density at radius 2 is 2.00 bits per heavy atom. The average molecular weight is 363 g/mol. The normalized spacial score (nSPS) is 23.5. The number of hydrogen-bond acceptors (Lipinski definition) is 2. The van der Waals surface area contributed by atoms with Gasteiger partial charge in [0.15, 0.2) is 0 Å². The smallest absolute Gasteiger partial charge is 0.385 e. The van der Waals surface area contributed by atoms with Crippen LogP contribution in [0.4, 0.5) is 18.9 Å². The first-order valence-electron chi connectivity index (χ1n) is 8.18. The van der Waals surface area contributed by atoms with E-state index in [4.69, 9.17) is 0 Å². The number of carbonyl (C=O) groups excluding carboxylic acids is 1. The minimum Gasteiger partial charge on any atom is -0.385 e. The number of anilines is 1. The van der Waals surface area contributed by atoms with Crippen LogP contribution >= 0.6 is 12.4 Å². The lowest BCUT2D eigenvalue weighted by Gasteiger charge is -2.31. The fraction of sp³-hybridized carbons (Fsp3) is 0.588. The second kappa shape index (κ2) is 7.64. The highest BCUT2D eigenvalue weighted by atomic mass is 35.5. The van der Waals surface area contributed by atoms with Crippen molar-refractivity contribution in [2.24, 2.45) is 5.92 Å². The summed E-state index contributed by atoms with van der Waals surface area (Å²) >= 11 is 0. The third-order valence-electron chi connectivity index (χ3n) is 4.81. The van der Waals surface area contributed by atoms with Crippen LogP contribution in [0.25, 0.3) is 0 Å². The minimum absolute atomic E-state index is 0. The molecule has 1 aromatic carbocycles. The maximum absolute atomic E-state index is 12.9. The minimum atomic E-state index is -4.17. The Labute approximate surface area is 145 Å². The standard InChI is InChI=1S/C17H21F3N2O.ClH/c18-17(19,20)11-4-1-5-12(10-11)22-16(23)14-6-2-8-15-13(14)7-3-9-21-15;/h2,6,8,11-12,21H,1,3-5,7,9-10H2,(H,22,23);1H. The lowest BCUT2D eigenvalue weighted by atomic mass is 9.85. The Morgan fingerprint density at radius 3 is 2.75 bits per heavy atom. The van der Waals surface area contributed by atoms with Crippen LogP contribution in [0.1, 0.15) is 48.0 Å². The van der Waals surface area contributed by atoms with Gasteiger partial charge in [-0.15, -0.1) is 12.4 Å². The van der Waals surface area contributed by atoms with Gasteiger partial charge in [0, 0.05) is 23.8 Å². The van der Waals surface area contributed by atoms with Gasteiger partial charge in [0.2, 0.25) is 0 Å². The number of halogens is 4. The molecule has 3 rings (SSSR count). The number of alkyl halides is 3. The van der Waals surface area contributed by atoms with Gasteiger partial charge >= 0.3 is 6.18 Å². The molecule has 7 heteroatoms. The van der Waals surface area contributed by atoms with E-state index in [0.717, 1.165) is 30.6 Å². The van der Waals surface area contributed by atoms with Crippen molar-refractivity contribution in [1.29, 1.82) is 0 Å². The summed E-state index contributed by atoms with van der Waals surface area (Å²) in [6.07, 6.45) is -1.12. The van der Waals surface area contributed by atoms with E-state index in [1.807, 2.05) is 12.1 Å². The Bertz CT molecular complexity index is 592. The van der Waals surface area contributed by atoms with E-state index in [0.29, 0.717) is 18.4 Å². The molecule has 1 aliphatic carbocycles. The maximum Gasteiger partial charge on any atom is 0.391 e. The van der Waals surface area contributed by atoms with E-state index in [1.165, 1.54) is 0 Å². The molecule has 2 unspecified atom stereocenters. The third-order valence-corrected chi connectivity index (χ3v) is 4.81. The molecule has 1 amide bonds. The zero-order valence-electron chi connectivity index (χ0n) is 13.3. The van der Waals surface area contributed by atoms with E-state index in [-0.39, 0.29) is 31.2 Å². The molecule has 0 aromatic heterocycles. The first-order valence-corrected chi connectivity index (χ1v) is 8.18. The fourth-order valence-corrected chi connectivity index (χ4v) is 3.60. The number of hydrogen-bond donors (Lipinski definition) is 2. The number of benzene rings is 1. The lowest BCUT2D eigenvalue weighted by molar-refractivity contribution is -0.183. The van der Waals surface area contributed by atoms with Gasteiger partial charge in [-0.3, -0.25) is 4.79 Å². The van der Waals surface area contributed by atoms with Crippen LogP contribution in [0, 0.1) is 5.92 Å². The van der Waals surface area contributed by atoms with E-state index < -0.39 is 18.1 Å². The Hall–Kier alpha value is -1.43.